The zero-order valence-corrected chi connectivity index (χ0v) is 7.92. The van der Waals surface area contributed by atoms with Crippen LogP contribution in [-0.2, 0) is 4.74 Å². The van der Waals surface area contributed by atoms with Crippen LogP contribution < -0.4 is 0 Å². The van der Waals surface area contributed by atoms with Gasteiger partial charge in [0, 0.05) is 0 Å². The molecule has 0 aromatic heterocycles. The van der Waals surface area contributed by atoms with E-state index < -0.39 is 17.5 Å². The Morgan fingerprint density at radius 2 is 2.00 bits per heavy atom. The first-order valence-corrected chi connectivity index (χ1v) is 4.77. The molecule has 74 valence electrons. The van der Waals surface area contributed by atoms with Gasteiger partial charge in [-0.05, 0) is 25.3 Å². The molecule has 3 atom stereocenters. The molecule has 3 heteroatoms. The first-order valence-electron chi connectivity index (χ1n) is 4.77. The summed E-state index contributed by atoms with van der Waals surface area (Å²) in [7, 11) is 0. The number of hydrogen-bond acceptors (Lipinski definition) is 3. The normalized spacial score (nSPS) is 49.3. The fraction of sp³-hybridized carbons (Fsp3) is 0.800. The predicted molar refractivity (Wildman–Crippen MR) is 48.1 cm³/mol. The third-order valence-corrected chi connectivity index (χ3v) is 3.41. The molecule has 1 spiro atoms. The average Bonchev–Trinajstić information content (AvgIpc) is 2.70. The van der Waals surface area contributed by atoms with Crippen molar-refractivity contribution in [2.75, 3.05) is 0 Å². The van der Waals surface area contributed by atoms with E-state index in [-0.39, 0.29) is 0 Å². The van der Waals surface area contributed by atoms with Gasteiger partial charge >= 0.3 is 0 Å². The molecule has 0 amide bonds. The Balaban J connectivity index is 2.29. The van der Waals surface area contributed by atoms with Crippen LogP contribution in [0.5, 0.6) is 0 Å². The highest BCUT2D eigenvalue weighted by Gasteiger charge is 2.69. The van der Waals surface area contributed by atoms with E-state index in [0.29, 0.717) is 12.0 Å². The lowest BCUT2D eigenvalue weighted by Crippen LogP contribution is -2.50. The summed E-state index contributed by atoms with van der Waals surface area (Å²) in [5, 5.41) is 19.7. The number of ether oxygens (including phenoxy) is 1. The summed E-state index contributed by atoms with van der Waals surface area (Å²) >= 11 is 0. The molecule has 2 rings (SSSR count). The van der Waals surface area contributed by atoms with Crippen molar-refractivity contribution in [3.05, 3.63) is 12.2 Å². The molecular weight excluding hydrogens is 168 g/mol. The highest BCUT2D eigenvalue weighted by Crippen LogP contribution is 2.55. The van der Waals surface area contributed by atoms with Crippen molar-refractivity contribution in [1.82, 2.24) is 0 Å². The second-order valence-electron chi connectivity index (χ2n) is 4.21. The zero-order valence-electron chi connectivity index (χ0n) is 7.92. The van der Waals surface area contributed by atoms with Gasteiger partial charge in [0.1, 0.15) is 5.60 Å². The largest absolute Gasteiger partial charge is 0.382 e. The molecule has 2 aliphatic rings. The minimum atomic E-state index is -1.01. The summed E-state index contributed by atoms with van der Waals surface area (Å²) in [6.07, 6.45) is 2.57. The summed E-state index contributed by atoms with van der Waals surface area (Å²) in [6, 6.07) is 0. The molecule has 2 fully saturated rings. The molecule has 13 heavy (non-hydrogen) atoms. The highest BCUT2D eigenvalue weighted by atomic mass is 16.7. The Bertz CT molecular complexity index is 251. The quantitative estimate of drug-likeness (QED) is 0.471. The van der Waals surface area contributed by atoms with Crippen LogP contribution in [0.4, 0.5) is 0 Å². The van der Waals surface area contributed by atoms with E-state index in [1.807, 2.05) is 0 Å². The standard InChI is InChI=1S/C10H16O3/c1-7(2)9(12)5-3-4-6-10(9)8(11)13-10/h8,11-12H,1,3-6H2,2H3. The molecule has 2 N–H and O–H groups in total. The zero-order chi connectivity index (χ0) is 9.69. The van der Waals surface area contributed by atoms with E-state index >= 15 is 0 Å². The summed E-state index contributed by atoms with van der Waals surface area (Å²) in [6.45, 7) is 5.57. The Morgan fingerprint density at radius 1 is 1.46 bits per heavy atom. The van der Waals surface area contributed by atoms with E-state index in [2.05, 4.69) is 6.58 Å². The Morgan fingerprint density at radius 3 is 2.38 bits per heavy atom. The number of aliphatic hydroxyl groups is 2. The van der Waals surface area contributed by atoms with Gasteiger partial charge in [-0.15, -0.1) is 0 Å². The van der Waals surface area contributed by atoms with E-state index in [9.17, 15) is 10.2 Å². The Labute approximate surface area is 78.0 Å². The van der Waals surface area contributed by atoms with Crippen LogP contribution in [0.15, 0.2) is 12.2 Å². The number of hydrogen-bond donors (Lipinski definition) is 2. The SMILES string of the molecule is C=C(C)C1(O)CCCCC12OC2O. The first-order chi connectivity index (χ1) is 6.03. The van der Waals surface area contributed by atoms with Gasteiger partial charge in [0.15, 0.2) is 11.9 Å². The fourth-order valence-corrected chi connectivity index (χ4v) is 2.41. The van der Waals surface area contributed by atoms with Crippen molar-refractivity contribution in [2.45, 2.75) is 50.1 Å². The van der Waals surface area contributed by atoms with Gasteiger partial charge in [0.25, 0.3) is 0 Å². The van der Waals surface area contributed by atoms with E-state index in [1.165, 1.54) is 0 Å². The topological polar surface area (TPSA) is 53.0 Å². The summed E-state index contributed by atoms with van der Waals surface area (Å²) in [5.41, 5.74) is -1.04. The molecule has 1 aliphatic carbocycles. The molecular formula is C10H16O3. The van der Waals surface area contributed by atoms with Gasteiger partial charge in [-0.2, -0.15) is 0 Å². The van der Waals surface area contributed by atoms with Crippen molar-refractivity contribution in [3.63, 3.8) is 0 Å². The van der Waals surface area contributed by atoms with Crippen LogP contribution in [0.25, 0.3) is 0 Å². The van der Waals surface area contributed by atoms with Crippen molar-refractivity contribution in [1.29, 1.82) is 0 Å². The third-order valence-electron chi connectivity index (χ3n) is 3.41. The van der Waals surface area contributed by atoms with Crippen LogP contribution in [0.2, 0.25) is 0 Å². The molecule has 1 heterocycles. The molecule has 1 saturated carbocycles. The minimum Gasteiger partial charge on any atom is -0.382 e. The molecule has 3 nitrogen and oxygen atoms in total. The lowest BCUT2D eigenvalue weighted by Gasteiger charge is -2.38. The maximum Gasteiger partial charge on any atom is 0.188 e. The Kier molecular flexibility index (Phi) is 1.81. The molecule has 0 aromatic rings. The van der Waals surface area contributed by atoms with Gasteiger partial charge < -0.3 is 14.9 Å². The molecule has 0 bridgehead atoms. The average molecular weight is 184 g/mol. The summed E-state index contributed by atoms with van der Waals surface area (Å²) in [4.78, 5) is 0. The van der Waals surface area contributed by atoms with Crippen LogP contribution in [0.1, 0.15) is 32.6 Å². The maximum atomic E-state index is 10.3. The van der Waals surface area contributed by atoms with Gasteiger partial charge in [-0.1, -0.05) is 19.4 Å². The van der Waals surface area contributed by atoms with Crippen molar-refractivity contribution < 1.29 is 14.9 Å². The second-order valence-corrected chi connectivity index (χ2v) is 4.21. The molecule has 3 unspecified atom stereocenters. The van der Waals surface area contributed by atoms with Crippen LogP contribution >= 0.6 is 0 Å². The van der Waals surface area contributed by atoms with E-state index in [0.717, 1.165) is 19.3 Å². The summed E-state index contributed by atoms with van der Waals surface area (Å²) in [5.74, 6) is 0. The number of aliphatic hydroxyl groups excluding tert-OH is 1. The van der Waals surface area contributed by atoms with E-state index in [4.69, 9.17) is 4.74 Å². The minimum absolute atomic E-state index is 0.652. The maximum absolute atomic E-state index is 10.3. The van der Waals surface area contributed by atoms with Crippen molar-refractivity contribution in [3.8, 4) is 0 Å². The smallest absolute Gasteiger partial charge is 0.188 e. The van der Waals surface area contributed by atoms with E-state index in [1.54, 1.807) is 6.92 Å². The van der Waals surface area contributed by atoms with Gasteiger partial charge in [0.2, 0.25) is 0 Å². The molecule has 0 radical (unpaired) electrons. The third kappa shape index (κ3) is 1.01. The van der Waals surface area contributed by atoms with Gasteiger partial charge in [-0.25, -0.2) is 0 Å². The molecule has 1 aliphatic heterocycles. The second kappa shape index (κ2) is 2.56. The lowest BCUT2D eigenvalue weighted by molar-refractivity contribution is -0.0366. The lowest BCUT2D eigenvalue weighted by atomic mass is 9.71. The fourth-order valence-electron chi connectivity index (χ4n) is 2.41. The number of rotatable bonds is 1. The summed E-state index contributed by atoms with van der Waals surface area (Å²) < 4.78 is 5.17. The monoisotopic (exact) mass is 184 g/mol. The van der Waals surface area contributed by atoms with Gasteiger partial charge in [-0.3, -0.25) is 0 Å². The Hall–Kier alpha value is -0.380. The van der Waals surface area contributed by atoms with Gasteiger partial charge in [0.05, 0.1) is 0 Å². The molecule has 1 saturated heterocycles. The first kappa shape index (κ1) is 9.19. The van der Waals surface area contributed by atoms with Crippen LogP contribution in [-0.4, -0.2) is 27.7 Å². The highest BCUT2D eigenvalue weighted by molar-refractivity contribution is 5.26. The van der Waals surface area contributed by atoms with Crippen molar-refractivity contribution >= 4 is 0 Å². The molecule has 0 aromatic carbocycles. The number of epoxide rings is 1. The van der Waals surface area contributed by atoms with Crippen LogP contribution in [0.3, 0.4) is 0 Å². The van der Waals surface area contributed by atoms with Crippen LogP contribution in [0, 0.1) is 0 Å². The predicted octanol–water partition coefficient (Wildman–Crippen LogP) is 0.955. The van der Waals surface area contributed by atoms with Crippen molar-refractivity contribution in [2.24, 2.45) is 0 Å².